The quantitative estimate of drug-likeness (QED) is 0.585. The Morgan fingerprint density at radius 3 is 3.00 bits per heavy atom. The first-order valence-electron chi connectivity index (χ1n) is 4.16. The van der Waals surface area contributed by atoms with Gasteiger partial charge in [0.15, 0.2) is 0 Å². The van der Waals surface area contributed by atoms with Gasteiger partial charge in [0.1, 0.15) is 0 Å². The first-order valence-corrected chi connectivity index (χ1v) is 4.16. The fraction of sp³-hybridized carbons (Fsp3) is 0.778. The first kappa shape index (κ1) is 7.64. The van der Waals surface area contributed by atoms with Crippen molar-refractivity contribution in [2.75, 3.05) is 0 Å². The standard InChI is InChI=1S/C9H16O/c1-3-4-5-9-6-8(2)10-7-9/h7-8H,3-6H2,1-2H3. The van der Waals surface area contributed by atoms with Crippen LogP contribution < -0.4 is 0 Å². The van der Waals surface area contributed by atoms with Crippen LogP contribution in [0, 0.1) is 0 Å². The van der Waals surface area contributed by atoms with E-state index in [2.05, 4.69) is 13.8 Å². The molecule has 0 bridgehead atoms. The molecule has 1 aliphatic heterocycles. The Bertz CT molecular complexity index is 127. The van der Waals surface area contributed by atoms with Crippen LogP contribution in [-0.4, -0.2) is 6.10 Å². The summed E-state index contributed by atoms with van der Waals surface area (Å²) >= 11 is 0. The van der Waals surface area contributed by atoms with Crippen molar-refractivity contribution >= 4 is 0 Å². The topological polar surface area (TPSA) is 9.23 Å². The minimum absolute atomic E-state index is 0.437. The summed E-state index contributed by atoms with van der Waals surface area (Å²) in [5.41, 5.74) is 1.49. The van der Waals surface area contributed by atoms with Gasteiger partial charge < -0.3 is 4.74 Å². The van der Waals surface area contributed by atoms with Crippen molar-refractivity contribution in [2.45, 2.75) is 45.6 Å². The third-order valence-corrected chi connectivity index (χ3v) is 1.87. The Labute approximate surface area is 63.1 Å². The Morgan fingerprint density at radius 2 is 2.50 bits per heavy atom. The van der Waals surface area contributed by atoms with E-state index >= 15 is 0 Å². The minimum atomic E-state index is 0.437. The van der Waals surface area contributed by atoms with Crippen LogP contribution in [0.5, 0.6) is 0 Å². The number of hydrogen-bond donors (Lipinski definition) is 0. The fourth-order valence-electron chi connectivity index (χ4n) is 1.24. The highest BCUT2D eigenvalue weighted by Gasteiger charge is 2.11. The van der Waals surface area contributed by atoms with Gasteiger partial charge in [-0.15, -0.1) is 0 Å². The smallest absolute Gasteiger partial charge is 0.0988 e. The van der Waals surface area contributed by atoms with E-state index < -0.39 is 0 Å². The molecule has 1 rings (SSSR count). The average Bonchev–Trinajstić information content (AvgIpc) is 2.31. The van der Waals surface area contributed by atoms with Crippen LogP contribution in [0.15, 0.2) is 11.8 Å². The zero-order valence-electron chi connectivity index (χ0n) is 6.89. The van der Waals surface area contributed by atoms with Crippen molar-refractivity contribution in [1.29, 1.82) is 0 Å². The molecular weight excluding hydrogens is 124 g/mol. The molecule has 0 aromatic carbocycles. The van der Waals surface area contributed by atoms with Crippen molar-refractivity contribution in [1.82, 2.24) is 0 Å². The summed E-state index contributed by atoms with van der Waals surface area (Å²) in [5, 5.41) is 0. The second-order valence-corrected chi connectivity index (χ2v) is 3.03. The predicted molar refractivity (Wildman–Crippen MR) is 42.8 cm³/mol. The molecule has 1 unspecified atom stereocenters. The first-order chi connectivity index (χ1) is 4.83. The van der Waals surface area contributed by atoms with Crippen molar-refractivity contribution in [3.63, 3.8) is 0 Å². The third kappa shape index (κ3) is 2.05. The summed E-state index contributed by atoms with van der Waals surface area (Å²) in [6.45, 7) is 4.34. The van der Waals surface area contributed by atoms with E-state index in [4.69, 9.17) is 4.74 Å². The highest BCUT2D eigenvalue weighted by atomic mass is 16.5. The molecule has 1 heterocycles. The maximum atomic E-state index is 5.30. The largest absolute Gasteiger partial charge is 0.498 e. The fourth-order valence-corrected chi connectivity index (χ4v) is 1.24. The van der Waals surface area contributed by atoms with Gasteiger partial charge in [-0.05, 0) is 25.3 Å². The molecule has 1 aliphatic rings. The maximum Gasteiger partial charge on any atom is 0.0988 e. The molecule has 1 atom stereocenters. The van der Waals surface area contributed by atoms with Gasteiger partial charge in [-0.25, -0.2) is 0 Å². The number of unbranched alkanes of at least 4 members (excludes halogenated alkanes) is 1. The van der Waals surface area contributed by atoms with Gasteiger partial charge in [0.05, 0.1) is 12.4 Å². The highest BCUT2D eigenvalue weighted by Crippen LogP contribution is 2.21. The lowest BCUT2D eigenvalue weighted by molar-refractivity contribution is 0.189. The summed E-state index contributed by atoms with van der Waals surface area (Å²) in [6, 6.07) is 0. The number of rotatable bonds is 3. The summed E-state index contributed by atoms with van der Waals surface area (Å²) in [4.78, 5) is 0. The van der Waals surface area contributed by atoms with Crippen LogP contribution in [0.25, 0.3) is 0 Å². The van der Waals surface area contributed by atoms with E-state index in [1.807, 2.05) is 6.26 Å². The summed E-state index contributed by atoms with van der Waals surface area (Å²) < 4.78 is 5.30. The molecule has 0 aliphatic carbocycles. The second-order valence-electron chi connectivity index (χ2n) is 3.03. The molecule has 0 spiro atoms. The number of ether oxygens (including phenoxy) is 1. The van der Waals surface area contributed by atoms with Crippen molar-refractivity contribution in [3.05, 3.63) is 11.8 Å². The SMILES string of the molecule is CCCCC1=COC(C)C1. The van der Waals surface area contributed by atoms with Crippen molar-refractivity contribution in [2.24, 2.45) is 0 Å². The van der Waals surface area contributed by atoms with Gasteiger partial charge in [0.2, 0.25) is 0 Å². The third-order valence-electron chi connectivity index (χ3n) is 1.87. The van der Waals surface area contributed by atoms with Gasteiger partial charge in [-0.2, -0.15) is 0 Å². The van der Waals surface area contributed by atoms with E-state index in [1.54, 1.807) is 0 Å². The molecule has 10 heavy (non-hydrogen) atoms. The Hall–Kier alpha value is -0.460. The molecule has 0 fully saturated rings. The molecular formula is C9H16O. The number of hydrogen-bond acceptors (Lipinski definition) is 1. The van der Waals surface area contributed by atoms with Crippen molar-refractivity contribution < 1.29 is 4.74 Å². The second kappa shape index (κ2) is 3.65. The van der Waals surface area contributed by atoms with Crippen molar-refractivity contribution in [3.8, 4) is 0 Å². The average molecular weight is 140 g/mol. The monoisotopic (exact) mass is 140 g/mol. The molecule has 1 nitrogen and oxygen atoms in total. The van der Waals surface area contributed by atoms with Crippen LogP contribution in [-0.2, 0) is 4.74 Å². The van der Waals surface area contributed by atoms with Gasteiger partial charge in [0, 0.05) is 6.42 Å². The van der Waals surface area contributed by atoms with E-state index in [1.165, 1.54) is 24.8 Å². The van der Waals surface area contributed by atoms with Gasteiger partial charge >= 0.3 is 0 Å². The lowest BCUT2D eigenvalue weighted by atomic mass is 10.1. The van der Waals surface area contributed by atoms with Crippen LogP contribution >= 0.6 is 0 Å². The van der Waals surface area contributed by atoms with Gasteiger partial charge in [0.25, 0.3) is 0 Å². The minimum Gasteiger partial charge on any atom is -0.498 e. The maximum absolute atomic E-state index is 5.30. The van der Waals surface area contributed by atoms with Crippen LogP contribution in [0.2, 0.25) is 0 Å². The van der Waals surface area contributed by atoms with E-state index in [9.17, 15) is 0 Å². The lowest BCUT2D eigenvalue weighted by Gasteiger charge is -2.00. The Morgan fingerprint density at radius 1 is 1.70 bits per heavy atom. The van der Waals surface area contributed by atoms with E-state index in [0.717, 1.165) is 6.42 Å². The zero-order chi connectivity index (χ0) is 7.40. The van der Waals surface area contributed by atoms with Crippen LogP contribution in [0.3, 0.4) is 0 Å². The molecule has 0 aromatic heterocycles. The molecule has 0 radical (unpaired) electrons. The predicted octanol–water partition coefficient (Wildman–Crippen LogP) is 2.87. The van der Waals surface area contributed by atoms with E-state index in [-0.39, 0.29) is 0 Å². The van der Waals surface area contributed by atoms with Gasteiger partial charge in [-0.1, -0.05) is 13.3 Å². The summed E-state index contributed by atoms with van der Waals surface area (Å²) in [5.74, 6) is 0. The molecule has 0 aromatic rings. The molecule has 0 saturated heterocycles. The zero-order valence-corrected chi connectivity index (χ0v) is 6.89. The Balaban J connectivity index is 2.17. The Kier molecular flexibility index (Phi) is 2.79. The van der Waals surface area contributed by atoms with Crippen LogP contribution in [0.1, 0.15) is 39.5 Å². The van der Waals surface area contributed by atoms with Crippen LogP contribution in [0.4, 0.5) is 0 Å². The molecule has 0 saturated carbocycles. The summed E-state index contributed by atoms with van der Waals surface area (Å²) in [7, 11) is 0. The normalized spacial score (nSPS) is 24.2. The lowest BCUT2D eigenvalue weighted by Crippen LogP contribution is -1.96. The highest BCUT2D eigenvalue weighted by molar-refractivity contribution is 5.04. The molecule has 58 valence electrons. The molecule has 0 N–H and O–H groups in total. The summed E-state index contributed by atoms with van der Waals surface area (Å²) in [6.07, 6.45) is 7.36. The molecule has 1 heteroatoms. The van der Waals surface area contributed by atoms with E-state index in [0.29, 0.717) is 6.10 Å². The van der Waals surface area contributed by atoms with Gasteiger partial charge in [-0.3, -0.25) is 0 Å². The molecule has 0 amide bonds.